The lowest BCUT2D eigenvalue weighted by molar-refractivity contribution is 0.0814. The average Bonchev–Trinajstić information content (AvgIpc) is 1.77. The van der Waals surface area contributed by atoms with Crippen molar-refractivity contribution in [3.63, 3.8) is 0 Å². The molecule has 0 atom stereocenters. The third-order valence-electron chi connectivity index (χ3n) is 1.79. The van der Waals surface area contributed by atoms with Crippen molar-refractivity contribution in [3.8, 4) is 0 Å². The lowest BCUT2D eigenvalue weighted by Gasteiger charge is -2.37. The predicted molar refractivity (Wildman–Crippen MR) is 36.2 cm³/mol. The first kappa shape index (κ1) is 7.00. The Labute approximate surface area is 55.8 Å². The molecule has 0 aliphatic carbocycles. The predicted octanol–water partition coefficient (Wildman–Crippen LogP) is 1.30. The van der Waals surface area contributed by atoms with E-state index in [1.807, 2.05) is 0 Å². The van der Waals surface area contributed by atoms with E-state index in [9.17, 15) is 4.39 Å². The SMILES string of the molecule is CCCN1CC(CF)C1. The number of nitrogens with zero attached hydrogens (tertiary/aromatic N) is 1. The van der Waals surface area contributed by atoms with Crippen molar-refractivity contribution < 1.29 is 4.39 Å². The summed E-state index contributed by atoms with van der Waals surface area (Å²) in [4.78, 5) is 2.30. The molecule has 1 nitrogen and oxygen atoms in total. The van der Waals surface area contributed by atoms with Crippen LogP contribution in [0.15, 0.2) is 0 Å². The molecule has 0 aromatic rings. The van der Waals surface area contributed by atoms with Gasteiger partial charge in [-0.25, -0.2) is 0 Å². The summed E-state index contributed by atoms with van der Waals surface area (Å²) in [5, 5.41) is 0. The van der Waals surface area contributed by atoms with Crippen LogP contribution in [-0.4, -0.2) is 31.2 Å². The Morgan fingerprint density at radius 2 is 2.22 bits per heavy atom. The van der Waals surface area contributed by atoms with E-state index >= 15 is 0 Å². The van der Waals surface area contributed by atoms with Crippen LogP contribution in [0.2, 0.25) is 0 Å². The smallest absolute Gasteiger partial charge is 0.0947 e. The first-order valence-corrected chi connectivity index (χ1v) is 3.65. The van der Waals surface area contributed by atoms with E-state index in [0.29, 0.717) is 5.92 Å². The van der Waals surface area contributed by atoms with E-state index in [2.05, 4.69) is 11.8 Å². The molecule has 9 heavy (non-hydrogen) atoms. The second-order valence-electron chi connectivity index (χ2n) is 2.78. The minimum Gasteiger partial charge on any atom is -0.303 e. The number of halogens is 1. The van der Waals surface area contributed by atoms with Gasteiger partial charge in [0.1, 0.15) is 0 Å². The highest BCUT2D eigenvalue weighted by molar-refractivity contribution is 4.78. The zero-order valence-corrected chi connectivity index (χ0v) is 5.94. The van der Waals surface area contributed by atoms with Crippen molar-refractivity contribution in [3.05, 3.63) is 0 Å². The highest BCUT2D eigenvalue weighted by atomic mass is 19.1. The van der Waals surface area contributed by atoms with Gasteiger partial charge in [0, 0.05) is 19.0 Å². The van der Waals surface area contributed by atoms with Crippen LogP contribution in [0.5, 0.6) is 0 Å². The molecule has 1 heterocycles. The van der Waals surface area contributed by atoms with Gasteiger partial charge in [0.2, 0.25) is 0 Å². The Kier molecular flexibility index (Phi) is 2.46. The summed E-state index contributed by atoms with van der Waals surface area (Å²) < 4.78 is 11.8. The van der Waals surface area contributed by atoms with Gasteiger partial charge in [-0.1, -0.05) is 6.92 Å². The lowest BCUT2D eigenvalue weighted by Crippen LogP contribution is -2.47. The van der Waals surface area contributed by atoms with Gasteiger partial charge in [-0.2, -0.15) is 0 Å². The highest BCUT2D eigenvalue weighted by Crippen LogP contribution is 2.15. The lowest BCUT2D eigenvalue weighted by atomic mass is 10.0. The molecule has 0 spiro atoms. The number of hydrogen-bond acceptors (Lipinski definition) is 1. The molecule has 1 saturated heterocycles. The Morgan fingerprint density at radius 1 is 1.56 bits per heavy atom. The van der Waals surface area contributed by atoms with Gasteiger partial charge in [-0.05, 0) is 13.0 Å². The maximum Gasteiger partial charge on any atom is 0.0947 e. The number of alkyl halides is 1. The summed E-state index contributed by atoms with van der Waals surface area (Å²) in [5.41, 5.74) is 0. The topological polar surface area (TPSA) is 3.24 Å². The Morgan fingerprint density at radius 3 is 2.67 bits per heavy atom. The van der Waals surface area contributed by atoms with Gasteiger partial charge < -0.3 is 4.90 Å². The van der Waals surface area contributed by atoms with Crippen LogP contribution < -0.4 is 0 Å². The van der Waals surface area contributed by atoms with Crippen molar-refractivity contribution in [2.24, 2.45) is 5.92 Å². The quantitative estimate of drug-likeness (QED) is 0.558. The van der Waals surface area contributed by atoms with Crippen LogP contribution in [0, 0.1) is 5.92 Å². The van der Waals surface area contributed by atoms with Crippen LogP contribution in [0.1, 0.15) is 13.3 Å². The molecule has 1 aliphatic heterocycles. The molecule has 1 rings (SSSR count). The summed E-state index contributed by atoms with van der Waals surface area (Å²) >= 11 is 0. The molecule has 0 bridgehead atoms. The van der Waals surface area contributed by atoms with Gasteiger partial charge in [0.15, 0.2) is 0 Å². The molecular formula is C7H14FN. The first-order chi connectivity index (χ1) is 4.36. The van der Waals surface area contributed by atoms with E-state index in [0.717, 1.165) is 19.6 Å². The van der Waals surface area contributed by atoms with Gasteiger partial charge in [0.25, 0.3) is 0 Å². The Bertz CT molecular complexity index is 79.0. The van der Waals surface area contributed by atoms with Crippen molar-refractivity contribution in [2.75, 3.05) is 26.3 Å². The Hall–Kier alpha value is -0.110. The highest BCUT2D eigenvalue weighted by Gasteiger charge is 2.24. The Balaban J connectivity index is 1.98. The summed E-state index contributed by atoms with van der Waals surface area (Å²) in [6.07, 6.45) is 1.19. The zero-order valence-electron chi connectivity index (χ0n) is 5.94. The fourth-order valence-corrected chi connectivity index (χ4v) is 1.27. The maximum atomic E-state index is 11.8. The van der Waals surface area contributed by atoms with Crippen LogP contribution in [-0.2, 0) is 0 Å². The van der Waals surface area contributed by atoms with E-state index < -0.39 is 0 Å². The second-order valence-corrected chi connectivity index (χ2v) is 2.78. The number of hydrogen-bond donors (Lipinski definition) is 0. The maximum absolute atomic E-state index is 11.8. The molecule has 0 unspecified atom stereocenters. The normalized spacial score (nSPS) is 22.0. The molecule has 0 aromatic carbocycles. The molecule has 54 valence electrons. The van der Waals surface area contributed by atoms with Crippen molar-refractivity contribution in [1.82, 2.24) is 4.90 Å². The number of likely N-dealkylation sites (tertiary alicyclic amines) is 1. The third kappa shape index (κ3) is 1.65. The summed E-state index contributed by atoms with van der Waals surface area (Å²) in [5.74, 6) is 0.358. The van der Waals surface area contributed by atoms with Crippen molar-refractivity contribution in [2.45, 2.75) is 13.3 Å². The van der Waals surface area contributed by atoms with E-state index in [4.69, 9.17) is 0 Å². The zero-order chi connectivity index (χ0) is 6.69. The molecule has 1 fully saturated rings. The van der Waals surface area contributed by atoms with Crippen molar-refractivity contribution >= 4 is 0 Å². The molecule has 0 N–H and O–H groups in total. The largest absolute Gasteiger partial charge is 0.303 e. The van der Waals surface area contributed by atoms with Gasteiger partial charge in [-0.3, -0.25) is 4.39 Å². The van der Waals surface area contributed by atoms with Gasteiger partial charge in [0.05, 0.1) is 6.67 Å². The minimum absolute atomic E-state index is 0.125. The van der Waals surface area contributed by atoms with Gasteiger partial charge >= 0.3 is 0 Å². The molecule has 0 amide bonds. The third-order valence-corrected chi connectivity index (χ3v) is 1.79. The molecule has 2 heteroatoms. The second kappa shape index (κ2) is 3.16. The van der Waals surface area contributed by atoms with Crippen LogP contribution in [0.4, 0.5) is 4.39 Å². The standard InChI is InChI=1S/C7H14FN/c1-2-3-9-5-7(4-8)6-9/h7H,2-6H2,1H3. The fraction of sp³-hybridized carbons (Fsp3) is 1.00. The average molecular weight is 131 g/mol. The summed E-state index contributed by atoms with van der Waals surface area (Å²) in [7, 11) is 0. The first-order valence-electron chi connectivity index (χ1n) is 3.65. The van der Waals surface area contributed by atoms with E-state index in [-0.39, 0.29) is 6.67 Å². The van der Waals surface area contributed by atoms with Crippen LogP contribution >= 0.6 is 0 Å². The minimum atomic E-state index is -0.125. The van der Waals surface area contributed by atoms with Crippen LogP contribution in [0.3, 0.4) is 0 Å². The molecule has 0 saturated carbocycles. The van der Waals surface area contributed by atoms with Crippen LogP contribution in [0.25, 0.3) is 0 Å². The summed E-state index contributed by atoms with van der Waals surface area (Å²) in [6.45, 7) is 5.16. The monoisotopic (exact) mass is 131 g/mol. The van der Waals surface area contributed by atoms with E-state index in [1.165, 1.54) is 6.42 Å². The van der Waals surface area contributed by atoms with E-state index in [1.54, 1.807) is 0 Å². The molecule has 0 radical (unpaired) electrons. The summed E-state index contributed by atoms with van der Waals surface area (Å²) in [6, 6.07) is 0. The van der Waals surface area contributed by atoms with Crippen molar-refractivity contribution in [1.29, 1.82) is 0 Å². The fourth-order valence-electron chi connectivity index (χ4n) is 1.27. The van der Waals surface area contributed by atoms with Gasteiger partial charge in [-0.15, -0.1) is 0 Å². The molecule has 0 aromatic heterocycles. The molecule has 1 aliphatic rings. The molecular weight excluding hydrogens is 117 g/mol. The number of rotatable bonds is 3.